The van der Waals surface area contributed by atoms with Crippen molar-refractivity contribution in [3.8, 4) is 0 Å². The van der Waals surface area contributed by atoms with Crippen molar-refractivity contribution in [2.45, 2.75) is 13.8 Å². The number of hydrogen-bond acceptors (Lipinski definition) is 6. The highest BCUT2D eigenvalue weighted by Crippen LogP contribution is 2.30. The molecule has 2 heterocycles. The van der Waals surface area contributed by atoms with Crippen LogP contribution in [0.3, 0.4) is 0 Å². The van der Waals surface area contributed by atoms with Gasteiger partial charge in [-0.3, -0.25) is 0 Å². The Hall–Kier alpha value is -2.99. The monoisotopic (exact) mass is 408 g/mol. The Balaban J connectivity index is 1.48. The Kier molecular flexibility index (Phi) is 5.45. The fourth-order valence-corrected chi connectivity index (χ4v) is 3.73. The van der Waals surface area contributed by atoms with Gasteiger partial charge in [0.05, 0.1) is 0 Å². The summed E-state index contributed by atoms with van der Waals surface area (Å²) in [6, 6.07) is 14.2. The second kappa shape index (κ2) is 8.17. The van der Waals surface area contributed by atoms with Crippen LogP contribution in [-0.4, -0.2) is 36.1 Å². The molecule has 3 N–H and O–H groups in total. The lowest BCUT2D eigenvalue weighted by Crippen LogP contribution is -2.47. The summed E-state index contributed by atoms with van der Waals surface area (Å²) >= 11 is 6.13. The average molecular weight is 409 g/mol. The first kappa shape index (κ1) is 19.3. The first-order valence-corrected chi connectivity index (χ1v) is 10.1. The van der Waals surface area contributed by atoms with Gasteiger partial charge in [-0.15, -0.1) is 0 Å². The molecule has 0 aliphatic carbocycles. The molecular weight excluding hydrogens is 384 g/mol. The van der Waals surface area contributed by atoms with Crippen LogP contribution in [0.5, 0.6) is 0 Å². The van der Waals surface area contributed by atoms with E-state index in [4.69, 9.17) is 17.3 Å². The molecule has 7 heteroatoms. The predicted octanol–water partition coefficient (Wildman–Crippen LogP) is 4.40. The van der Waals surface area contributed by atoms with E-state index < -0.39 is 0 Å². The maximum absolute atomic E-state index is 6.44. The molecule has 150 valence electrons. The number of nitrogens with zero attached hydrogens (tertiary/aromatic N) is 4. The van der Waals surface area contributed by atoms with E-state index in [2.05, 4.69) is 57.1 Å². The van der Waals surface area contributed by atoms with Crippen molar-refractivity contribution in [2.75, 3.05) is 47.0 Å². The molecule has 0 unspecified atom stereocenters. The molecule has 29 heavy (non-hydrogen) atoms. The molecule has 1 saturated heterocycles. The standard InChI is InChI=1S/C22H25ClN6/c1-15-6-7-18(12-16(15)2)27-21-20(24)22(26-14-25-21)29-10-8-28(9-11-29)19-5-3-4-17(23)13-19/h3-7,12-14H,8-11,24H2,1-2H3,(H,25,26,27). The van der Waals surface area contributed by atoms with E-state index in [1.807, 2.05) is 24.3 Å². The molecule has 2 aromatic carbocycles. The zero-order valence-electron chi connectivity index (χ0n) is 16.7. The number of aryl methyl sites for hydroxylation is 2. The van der Waals surface area contributed by atoms with E-state index in [0.717, 1.165) is 48.4 Å². The van der Waals surface area contributed by atoms with Crippen LogP contribution in [0.4, 0.5) is 28.7 Å². The maximum Gasteiger partial charge on any atom is 0.159 e. The van der Waals surface area contributed by atoms with Crippen LogP contribution in [0.1, 0.15) is 11.1 Å². The highest BCUT2D eigenvalue weighted by molar-refractivity contribution is 6.30. The van der Waals surface area contributed by atoms with E-state index in [1.165, 1.54) is 11.1 Å². The van der Waals surface area contributed by atoms with E-state index in [9.17, 15) is 0 Å². The second-order valence-corrected chi connectivity index (χ2v) is 7.77. The Morgan fingerprint density at radius 3 is 2.41 bits per heavy atom. The molecule has 0 radical (unpaired) electrons. The lowest BCUT2D eigenvalue weighted by atomic mass is 10.1. The number of rotatable bonds is 4. The van der Waals surface area contributed by atoms with Gasteiger partial charge in [-0.25, -0.2) is 9.97 Å². The first-order chi connectivity index (χ1) is 14.0. The van der Waals surface area contributed by atoms with Gasteiger partial charge < -0.3 is 20.9 Å². The van der Waals surface area contributed by atoms with Crippen molar-refractivity contribution >= 4 is 40.3 Å². The molecule has 0 atom stereocenters. The largest absolute Gasteiger partial charge is 0.393 e. The van der Waals surface area contributed by atoms with Crippen LogP contribution in [0, 0.1) is 13.8 Å². The summed E-state index contributed by atoms with van der Waals surface area (Å²) in [5.74, 6) is 1.41. The maximum atomic E-state index is 6.44. The van der Waals surface area contributed by atoms with Crippen molar-refractivity contribution in [3.05, 3.63) is 64.9 Å². The van der Waals surface area contributed by atoms with Crippen molar-refractivity contribution in [1.82, 2.24) is 9.97 Å². The van der Waals surface area contributed by atoms with Gasteiger partial charge in [-0.1, -0.05) is 23.7 Å². The number of piperazine rings is 1. The minimum absolute atomic E-state index is 0.571. The van der Waals surface area contributed by atoms with Crippen molar-refractivity contribution in [1.29, 1.82) is 0 Å². The summed E-state index contributed by atoms with van der Waals surface area (Å²) in [6.45, 7) is 7.61. The van der Waals surface area contributed by atoms with Crippen molar-refractivity contribution < 1.29 is 0 Å². The minimum Gasteiger partial charge on any atom is -0.393 e. The topological polar surface area (TPSA) is 70.3 Å². The summed E-state index contributed by atoms with van der Waals surface area (Å²) in [7, 11) is 0. The third-order valence-corrected chi connectivity index (χ3v) is 5.62. The van der Waals surface area contributed by atoms with E-state index in [0.29, 0.717) is 11.5 Å². The molecule has 1 aliphatic rings. The zero-order valence-corrected chi connectivity index (χ0v) is 17.4. The summed E-state index contributed by atoms with van der Waals surface area (Å²) in [4.78, 5) is 13.4. The van der Waals surface area contributed by atoms with E-state index >= 15 is 0 Å². The summed E-state index contributed by atoms with van der Waals surface area (Å²) in [5.41, 5.74) is 11.6. The van der Waals surface area contributed by atoms with Crippen LogP contribution >= 0.6 is 11.6 Å². The molecule has 6 nitrogen and oxygen atoms in total. The van der Waals surface area contributed by atoms with Gasteiger partial charge >= 0.3 is 0 Å². The normalized spacial score (nSPS) is 14.2. The molecule has 1 fully saturated rings. The number of nitrogens with one attached hydrogen (secondary N) is 1. The Morgan fingerprint density at radius 1 is 0.931 bits per heavy atom. The van der Waals surface area contributed by atoms with Gasteiger partial charge in [0.25, 0.3) is 0 Å². The first-order valence-electron chi connectivity index (χ1n) is 9.71. The van der Waals surface area contributed by atoms with Crippen LogP contribution in [0.25, 0.3) is 0 Å². The van der Waals surface area contributed by atoms with Crippen molar-refractivity contribution in [3.63, 3.8) is 0 Å². The smallest absolute Gasteiger partial charge is 0.159 e. The number of nitrogen functional groups attached to an aromatic ring is 1. The molecule has 0 amide bonds. The zero-order chi connectivity index (χ0) is 20.4. The van der Waals surface area contributed by atoms with E-state index in [-0.39, 0.29) is 0 Å². The molecule has 1 aromatic heterocycles. The lowest BCUT2D eigenvalue weighted by molar-refractivity contribution is 0.647. The highest BCUT2D eigenvalue weighted by Gasteiger charge is 2.21. The number of anilines is 5. The van der Waals surface area contributed by atoms with Gasteiger partial charge in [-0.05, 0) is 55.3 Å². The molecule has 4 rings (SSSR count). The number of halogens is 1. The summed E-state index contributed by atoms with van der Waals surface area (Å²) in [5, 5.41) is 4.09. The Labute approximate surface area is 176 Å². The minimum atomic E-state index is 0.571. The summed E-state index contributed by atoms with van der Waals surface area (Å²) in [6.07, 6.45) is 1.57. The van der Waals surface area contributed by atoms with Crippen molar-refractivity contribution in [2.24, 2.45) is 0 Å². The quantitative estimate of drug-likeness (QED) is 0.666. The van der Waals surface area contributed by atoms with Crippen LogP contribution in [0.15, 0.2) is 48.8 Å². The highest BCUT2D eigenvalue weighted by atomic mass is 35.5. The van der Waals surface area contributed by atoms with Gasteiger partial charge in [-0.2, -0.15) is 0 Å². The average Bonchev–Trinajstić information content (AvgIpc) is 2.72. The molecule has 3 aromatic rings. The molecule has 0 saturated carbocycles. The van der Waals surface area contributed by atoms with Crippen LogP contribution in [-0.2, 0) is 0 Å². The van der Waals surface area contributed by atoms with Crippen LogP contribution in [0.2, 0.25) is 5.02 Å². The molecule has 0 bridgehead atoms. The predicted molar refractivity (Wildman–Crippen MR) is 122 cm³/mol. The number of aromatic nitrogens is 2. The molecular formula is C22H25ClN6. The fourth-order valence-electron chi connectivity index (χ4n) is 3.54. The molecule has 0 spiro atoms. The number of nitrogens with two attached hydrogens (primary N) is 1. The van der Waals surface area contributed by atoms with Gasteiger partial charge in [0, 0.05) is 42.6 Å². The Morgan fingerprint density at radius 2 is 1.69 bits per heavy atom. The van der Waals surface area contributed by atoms with Crippen LogP contribution < -0.4 is 20.9 Å². The number of hydrogen-bond donors (Lipinski definition) is 2. The third kappa shape index (κ3) is 4.22. The number of benzene rings is 2. The van der Waals surface area contributed by atoms with E-state index in [1.54, 1.807) is 6.33 Å². The molecule has 1 aliphatic heterocycles. The fraction of sp³-hybridized carbons (Fsp3) is 0.273. The Bertz CT molecular complexity index is 1010. The third-order valence-electron chi connectivity index (χ3n) is 5.39. The second-order valence-electron chi connectivity index (χ2n) is 7.34. The van der Waals surface area contributed by atoms with Gasteiger partial charge in [0.1, 0.15) is 12.0 Å². The lowest BCUT2D eigenvalue weighted by Gasteiger charge is -2.37. The SMILES string of the molecule is Cc1ccc(Nc2ncnc(N3CCN(c4cccc(Cl)c4)CC3)c2N)cc1C. The van der Waals surface area contributed by atoms with Gasteiger partial charge in [0.2, 0.25) is 0 Å². The van der Waals surface area contributed by atoms with Gasteiger partial charge in [0.15, 0.2) is 11.6 Å². The summed E-state index contributed by atoms with van der Waals surface area (Å²) < 4.78 is 0.